The van der Waals surface area contributed by atoms with E-state index in [-0.39, 0.29) is 0 Å². The molecule has 1 atom stereocenters. The number of fused-ring (bicyclic) bond motifs is 3. The maximum absolute atomic E-state index is 4.73. The highest BCUT2D eigenvalue weighted by Gasteiger charge is 2.23. The third kappa shape index (κ3) is 2.83. The lowest BCUT2D eigenvalue weighted by Crippen LogP contribution is -2.26. The van der Waals surface area contributed by atoms with E-state index in [0.29, 0.717) is 6.04 Å². The molecule has 3 aromatic rings. The predicted molar refractivity (Wildman–Crippen MR) is 103 cm³/mol. The average Bonchev–Trinajstić information content (AvgIpc) is 3.22. The first-order chi connectivity index (χ1) is 11.6. The fourth-order valence-electron chi connectivity index (χ4n) is 3.44. The summed E-state index contributed by atoms with van der Waals surface area (Å²) in [5.41, 5.74) is 1.48. The highest BCUT2D eigenvalue weighted by Crippen LogP contribution is 2.39. The lowest BCUT2D eigenvalue weighted by molar-refractivity contribution is 0.316. The Morgan fingerprint density at radius 1 is 1.29 bits per heavy atom. The summed E-state index contributed by atoms with van der Waals surface area (Å²) in [7, 11) is 4.27. The highest BCUT2D eigenvalue weighted by molar-refractivity contribution is 7.19. The zero-order valence-electron chi connectivity index (χ0n) is 14.3. The molecule has 1 unspecified atom stereocenters. The van der Waals surface area contributed by atoms with Gasteiger partial charge in [-0.05, 0) is 57.3 Å². The van der Waals surface area contributed by atoms with Gasteiger partial charge >= 0.3 is 0 Å². The molecule has 24 heavy (non-hydrogen) atoms. The molecule has 4 rings (SSSR count). The molecule has 1 aliphatic carbocycles. The maximum atomic E-state index is 4.73. The van der Waals surface area contributed by atoms with Gasteiger partial charge in [-0.2, -0.15) is 0 Å². The molecule has 0 radical (unpaired) electrons. The Labute approximate surface area is 150 Å². The van der Waals surface area contributed by atoms with Gasteiger partial charge < -0.3 is 10.2 Å². The minimum Gasteiger partial charge on any atom is -0.367 e. The number of nitrogens with one attached hydrogen (secondary N) is 1. The van der Waals surface area contributed by atoms with Crippen molar-refractivity contribution in [3.8, 4) is 0 Å². The van der Waals surface area contributed by atoms with Crippen molar-refractivity contribution in [2.24, 2.45) is 0 Å². The van der Waals surface area contributed by atoms with Crippen molar-refractivity contribution in [3.63, 3.8) is 0 Å². The third-order valence-corrected chi connectivity index (χ3v) is 6.79. The quantitative estimate of drug-likeness (QED) is 0.740. The second-order valence-electron chi connectivity index (χ2n) is 6.53. The van der Waals surface area contributed by atoms with E-state index < -0.39 is 0 Å². The number of rotatable bonds is 5. The van der Waals surface area contributed by atoms with Crippen LogP contribution < -0.4 is 5.32 Å². The normalized spacial score (nSPS) is 15.2. The summed E-state index contributed by atoms with van der Waals surface area (Å²) in [5.74, 6) is 1.86. The van der Waals surface area contributed by atoms with Gasteiger partial charge in [0.2, 0.25) is 0 Å². The van der Waals surface area contributed by atoms with Crippen LogP contribution in [-0.4, -0.2) is 35.5 Å². The van der Waals surface area contributed by atoms with E-state index in [1.54, 1.807) is 0 Å². The van der Waals surface area contributed by atoms with Crippen LogP contribution in [0.3, 0.4) is 0 Å². The molecule has 1 N–H and O–H groups in total. The Hall–Kier alpha value is -1.50. The van der Waals surface area contributed by atoms with Gasteiger partial charge in [-0.25, -0.2) is 9.97 Å². The molecule has 126 valence electrons. The molecule has 0 saturated heterocycles. The van der Waals surface area contributed by atoms with Crippen LogP contribution in [-0.2, 0) is 12.8 Å². The Balaban J connectivity index is 1.67. The van der Waals surface area contributed by atoms with Crippen molar-refractivity contribution in [2.75, 3.05) is 26.0 Å². The zero-order chi connectivity index (χ0) is 16.7. The fourth-order valence-corrected chi connectivity index (χ4v) is 5.67. The standard InChI is InChI=1S/C18H22N4S2/c1-11-20-17(16-12-6-4-7-14(12)24-18(16)21-11)19-10-13(22(2)3)15-8-5-9-23-15/h5,8-9,13H,4,6-7,10H2,1-3H3,(H,19,20,21). The number of hydrogen-bond acceptors (Lipinski definition) is 6. The molecule has 0 spiro atoms. The number of anilines is 1. The Morgan fingerprint density at radius 3 is 2.92 bits per heavy atom. The van der Waals surface area contributed by atoms with Crippen molar-refractivity contribution in [1.29, 1.82) is 0 Å². The van der Waals surface area contributed by atoms with Crippen molar-refractivity contribution in [3.05, 3.63) is 38.7 Å². The molecule has 0 amide bonds. The summed E-state index contributed by atoms with van der Waals surface area (Å²) >= 11 is 3.66. The molecule has 0 saturated carbocycles. The second kappa shape index (κ2) is 6.43. The average molecular weight is 359 g/mol. The number of thiophene rings is 2. The summed E-state index contributed by atoms with van der Waals surface area (Å²) in [6.45, 7) is 2.84. The monoisotopic (exact) mass is 358 g/mol. The van der Waals surface area contributed by atoms with Crippen LogP contribution in [0.5, 0.6) is 0 Å². The van der Waals surface area contributed by atoms with Crippen molar-refractivity contribution in [2.45, 2.75) is 32.2 Å². The number of nitrogens with zero attached hydrogens (tertiary/aromatic N) is 3. The van der Waals surface area contributed by atoms with Gasteiger partial charge in [0.05, 0.1) is 11.4 Å². The molecular weight excluding hydrogens is 336 g/mol. The van der Waals surface area contributed by atoms with Gasteiger partial charge in [-0.1, -0.05) is 6.07 Å². The smallest absolute Gasteiger partial charge is 0.138 e. The molecule has 0 aliphatic heterocycles. The molecule has 4 nitrogen and oxygen atoms in total. The fraction of sp³-hybridized carbons (Fsp3) is 0.444. The minimum atomic E-state index is 0.349. The topological polar surface area (TPSA) is 41.1 Å². The predicted octanol–water partition coefficient (Wildman–Crippen LogP) is 4.26. The number of hydrogen-bond donors (Lipinski definition) is 1. The first kappa shape index (κ1) is 16.0. The van der Waals surface area contributed by atoms with Crippen molar-refractivity contribution in [1.82, 2.24) is 14.9 Å². The van der Waals surface area contributed by atoms with Gasteiger partial charge in [0.1, 0.15) is 16.5 Å². The van der Waals surface area contributed by atoms with Crippen LogP contribution in [0, 0.1) is 6.92 Å². The van der Waals surface area contributed by atoms with Crippen molar-refractivity contribution < 1.29 is 0 Å². The lowest BCUT2D eigenvalue weighted by Gasteiger charge is -2.24. The van der Waals surface area contributed by atoms with Crippen LogP contribution in [0.2, 0.25) is 0 Å². The third-order valence-electron chi connectivity index (χ3n) is 4.63. The first-order valence-corrected chi connectivity index (χ1v) is 10.1. The molecule has 0 bridgehead atoms. The van der Waals surface area contributed by atoms with Crippen LogP contribution >= 0.6 is 22.7 Å². The lowest BCUT2D eigenvalue weighted by atomic mass is 10.1. The summed E-state index contributed by atoms with van der Waals surface area (Å²) in [5, 5.41) is 7.04. The van der Waals surface area contributed by atoms with E-state index >= 15 is 0 Å². The summed E-state index contributed by atoms with van der Waals surface area (Å²) in [4.78, 5) is 15.7. The van der Waals surface area contributed by atoms with Crippen LogP contribution in [0.25, 0.3) is 10.2 Å². The van der Waals surface area contributed by atoms with Crippen LogP contribution in [0.1, 0.15) is 33.6 Å². The second-order valence-corrected chi connectivity index (χ2v) is 8.60. The van der Waals surface area contributed by atoms with Gasteiger partial charge in [0, 0.05) is 16.3 Å². The summed E-state index contributed by atoms with van der Waals surface area (Å²) < 4.78 is 0. The Bertz CT molecular complexity index is 852. The van der Waals surface area contributed by atoms with E-state index in [4.69, 9.17) is 4.98 Å². The van der Waals surface area contributed by atoms with E-state index in [1.165, 1.54) is 40.0 Å². The largest absolute Gasteiger partial charge is 0.367 e. The molecule has 3 heterocycles. The van der Waals surface area contributed by atoms with E-state index in [2.05, 4.69) is 46.8 Å². The van der Waals surface area contributed by atoms with Gasteiger partial charge in [-0.3, -0.25) is 0 Å². The van der Waals surface area contributed by atoms with Crippen LogP contribution in [0.4, 0.5) is 5.82 Å². The number of aromatic nitrogens is 2. The molecule has 0 aromatic carbocycles. The van der Waals surface area contributed by atoms with Crippen LogP contribution in [0.15, 0.2) is 17.5 Å². The molecule has 1 aliphatic rings. The first-order valence-electron chi connectivity index (χ1n) is 8.36. The molecule has 6 heteroatoms. The highest BCUT2D eigenvalue weighted by atomic mass is 32.1. The zero-order valence-corrected chi connectivity index (χ0v) is 15.9. The van der Waals surface area contributed by atoms with Gasteiger partial charge in [0.15, 0.2) is 0 Å². The van der Waals surface area contributed by atoms with E-state index in [1.807, 2.05) is 29.6 Å². The molecule has 3 aromatic heterocycles. The van der Waals surface area contributed by atoms with Crippen molar-refractivity contribution >= 4 is 38.7 Å². The SMILES string of the molecule is Cc1nc(NCC(c2cccs2)N(C)C)c2c3c(sc2n1)CCC3. The summed E-state index contributed by atoms with van der Waals surface area (Å²) in [6.07, 6.45) is 3.63. The Kier molecular flexibility index (Phi) is 4.28. The number of likely N-dealkylation sites (N-methyl/N-ethyl adjacent to an activating group) is 1. The van der Waals surface area contributed by atoms with E-state index in [0.717, 1.165) is 23.0 Å². The number of aryl methyl sites for hydroxylation is 3. The molecular formula is C18H22N4S2. The minimum absolute atomic E-state index is 0.349. The molecule has 0 fully saturated rings. The van der Waals surface area contributed by atoms with Gasteiger partial charge in [0.25, 0.3) is 0 Å². The maximum Gasteiger partial charge on any atom is 0.138 e. The van der Waals surface area contributed by atoms with Gasteiger partial charge in [-0.15, -0.1) is 22.7 Å². The van der Waals surface area contributed by atoms with E-state index in [9.17, 15) is 0 Å². The Morgan fingerprint density at radius 2 is 2.17 bits per heavy atom. The summed E-state index contributed by atoms with van der Waals surface area (Å²) in [6, 6.07) is 4.68.